The molecule has 1 spiro atoms. The van der Waals surface area contributed by atoms with Crippen molar-refractivity contribution in [3.05, 3.63) is 68.6 Å². The Morgan fingerprint density at radius 1 is 1.28 bits per heavy atom. The van der Waals surface area contributed by atoms with E-state index < -0.39 is 16.9 Å². The van der Waals surface area contributed by atoms with Crippen LogP contribution in [0.3, 0.4) is 0 Å². The Morgan fingerprint density at radius 3 is 2.76 bits per heavy atom. The summed E-state index contributed by atoms with van der Waals surface area (Å²) in [5, 5.41) is 12.5. The maximum absolute atomic E-state index is 13.1. The number of nitrogens with one attached hydrogen (secondary N) is 1. The SMILES string of the molecule is Cc1cc2c(c(=O)o1)[C@]1(C(=O)Nc3c(C)cccc31)C(C#N)=C(N)O2. The number of hydrogen-bond acceptors (Lipinski definition) is 6. The number of benzene rings is 1. The lowest BCUT2D eigenvalue weighted by Crippen LogP contribution is -2.45. The van der Waals surface area contributed by atoms with Crippen molar-refractivity contribution in [2.75, 3.05) is 5.32 Å². The van der Waals surface area contributed by atoms with Crippen molar-refractivity contribution in [1.82, 2.24) is 0 Å². The number of rotatable bonds is 0. The van der Waals surface area contributed by atoms with Crippen molar-refractivity contribution < 1.29 is 13.9 Å². The molecule has 2 aromatic rings. The fraction of sp³-hybridized carbons (Fsp3) is 0.167. The van der Waals surface area contributed by atoms with Crippen LogP contribution in [0.5, 0.6) is 5.75 Å². The second-order valence-electron chi connectivity index (χ2n) is 6.04. The molecule has 3 heterocycles. The average Bonchev–Trinajstić information content (AvgIpc) is 2.82. The number of ether oxygens (including phenoxy) is 1. The van der Waals surface area contributed by atoms with E-state index in [9.17, 15) is 14.9 Å². The Balaban J connectivity index is 2.23. The number of aryl methyl sites for hydroxylation is 2. The molecule has 124 valence electrons. The van der Waals surface area contributed by atoms with E-state index in [0.717, 1.165) is 5.56 Å². The lowest BCUT2D eigenvalue weighted by atomic mass is 9.69. The molecule has 0 radical (unpaired) electrons. The molecule has 0 saturated heterocycles. The summed E-state index contributed by atoms with van der Waals surface area (Å²) in [6.07, 6.45) is 0. The van der Waals surface area contributed by atoms with E-state index in [0.29, 0.717) is 17.0 Å². The highest BCUT2D eigenvalue weighted by Gasteiger charge is 2.58. The van der Waals surface area contributed by atoms with E-state index in [-0.39, 0.29) is 22.8 Å². The quantitative estimate of drug-likeness (QED) is 0.754. The topological polar surface area (TPSA) is 118 Å². The highest BCUT2D eigenvalue weighted by atomic mass is 16.5. The fourth-order valence-corrected chi connectivity index (χ4v) is 3.59. The van der Waals surface area contributed by atoms with E-state index in [1.54, 1.807) is 19.1 Å². The zero-order valence-electron chi connectivity index (χ0n) is 13.5. The van der Waals surface area contributed by atoms with Gasteiger partial charge in [0.15, 0.2) is 5.41 Å². The Kier molecular flexibility index (Phi) is 2.85. The predicted molar refractivity (Wildman–Crippen MR) is 87.8 cm³/mol. The summed E-state index contributed by atoms with van der Waals surface area (Å²) in [5.74, 6) is -0.300. The lowest BCUT2D eigenvalue weighted by Gasteiger charge is -2.32. The summed E-state index contributed by atoms with van der Waals surface area (Å²) < 4.78 is 10.7. The Bertz CT molecular complexity index is 1090. The molecule has 0 aliphatic carbocycles. The zero-order chi connectivity index (χ0) is 17.9. The summed E-state index contributed by atoms with van der Waals surface area (Å²) >= 11 is 0. The standard InChI is InChI=1S/C18H13N3O4/c1-8-4-3-5-10-14(8)21-17(23)18(10)11(7-19)15(20)25-12-6-9(2)24-16(22)13(12)18/h3-6H,20H2,1-2H3,(H,21,23)/t18-/m1/s1. The molecule has 3 N–H and O–H groups in total. The van der Waals surface area contributed by atoms with Crippen LogP contribution in [0.2, 0.25) is 0 Å². The summed E-state index contributed by atoms with van der Waals surface area (Å²) in [6, 6.07) is 8.71. The summed E-state index contributed by atoms with van der Waals surface area (Å²) in [4.78, 5) is 25.7. The number of fused-ring (bicyclic) bond motifs is 4. The van der Waals surface area contributed by atoms with E-state index in [1.807, 2.05) is 19.1 Å². The Morgan fingerprint density at radius 2 is 2.04 bits per heavy atom. The number of hydrogen-bond donors (Lipinski definition) is 2. The van der Waals surface area contributed by atoms with Crippen molar-refractivity contribution >= 4 is 11.6 Å². The van der Waals surface area contributed by atoms with Gasteiger partial charge in [0, 0.05) is 17.3 Å². The largest absolute Gasteiger partial charge is 0.440 e. The first-order valence-corrected chi connectivity index (χ1v) is 7.56. The third kappa shape index (κ3) is 1.68. The van der Waals surface area contributed by atoms with Crippen LogP contribution in [-0.2, 0) is 10.2 Å². The van der Waals surface area contributed by atoms with Crippen LogP contribution in [0.4, 0.5) is 5.69 Å². The predicted octanol–water partition coefficient (Wildman–Crippen LogP) is 1.58. The minimum atomic E-state index is -1.68. The molecule has 0 fully saturated rings. The molecule has 1 aromatic heterocycles. The molecule has 2 aliphatic heterocycles. The normalized spacial score (nSPS) is 20.6. The van der Waals surface area contributed by atoms with Crippen LogP contribution in [0.1, 0.15) is 22.5 Å². The van der Waals surface area contributed by atoms with Gasteiger partial charge in [-0.25, -0.2) is 4.79 Å². The number of nitrogens with two attached hydrogens (primary N) is 1. The van der Waals surface area contributed by atoms with E-state index >= 15 is 0 Å². The number of carbonyl (C=O) groups is 1. The van der Waals surface area contributed by atoms with Gasteiger partial charge in [0.25, 0.3) is 0 Å². The Hall–Kier alpha value is -3.53. The third-order valence-corrected chi connectivity index (χ3v) is 4.62. The molecule has 7 nitrogen and oxygen atoms in total. The smallest absolute Gasteiger partial charge is 0.344 e. The number of nitrogens with zero attached hydrogens (tertiary/aromatic N) is 1. The molecule has 7 heteroatoms. The van der Waals surface area contributed by atoms with Gasteiger partial charge >= 0.3 is 5.63 Å². The lowest BCUT2D eigenvalue weighted by molar-refractivity contribution is -0.118. The van der Waals surface area contributed by atoms with Gasteiger partial charge in [0.05, 0.1) is 0 Å². The van der Waals surface area contributed by atoms with Gasteiger partial charge in [-0.3, -0.25) is 4.79 Å². The molecule has 0 saturated carbocycles. The van der Waals surface area contributed by atoms with E-state index in [2.05, 4.69) is 5.32 Å². The highest BCUT2D eigenvalue weighted by Crippen LogP contribution is 2.52. The molecule has 25 heavy (non-hydrogen) atoms. The molecule has 4 rings (SSSR count). The van der Waals surface area contributed by atoms with Crippen LogP contribution >= 0.6 is 0 Å². The number of para-hydroxylation sites is 1. The maximum atomic E-state index is 13.1. The number of carbonyl (C=O) groups excluding carboxylic acids is 1. The summed E-state index contributed by atoms with van der Waals surface area (Å²) in [6.45, 7) is 3.42. The van der Waals surface area contributed by atoms with Gasteiger partial charge in [0.2, 0.25) is 11.8 Å². The molecular formula is C18H13N3O4. The van der Waals surface area contributed by atoms with Gasteiger partial charge in [-0.2, -0.15) is 5.26 Å². The van der Waals surface area contributed by atoms with Crippen LogP contribution in [0.15, 0.2) is 44.9 Å². The first kappa shape index (κ1) is 15.0. The van der Waals surface area contributed by atoms with Crippen LogP contribution < -0.4 is 21.4 Å². The molecule has 2 aliphatic rings. The first-order valence-electron chi connectivity index (χ1n) is 7.56. The molecule has 1 aromatic carbocycles. The van der Waals surface area contributed by atoms with Gasteiger partial charge in [0.1, 0.15) is 28.7 Å². The monoisotopic (exact) mass is 335 g/mol. The third-order valence-electron chi connectivity index (χ3n) is 4.62. The van der Waals surface area contributed by atoms with Crippen molar-refractivity contribution in [1.29, 1.82) is 5.26 Å². The van der Waals surface area contributed by atoms with Gasteiger partial charge < -0.3 is 20.2 Å². The summed E-state index contributed by atoms with van der Waals surface area (Å²) in [7, 11) is 0. The van der Waals surface area contributed by atoms with E-state index in [4.69, 9.17) is 14.9 Å². The molecule has 1 amide bonds. The number of amides is 1. The highest BCUT2D eigenvalue weighted by molar-refractivity contribution is 6.13. The van der Waals surface area contributed by atoms with Crippen LogP contribution in [0.25, 0.3) is 0 Å². The second kappa shape index (κ2) is 4.74. The minimum absolute atomic E-state index is 0.0364. The molecule has 1 atom stereocenters. The van der Waals surface area contributed by atoms with E-state index in [1.165, 1.54) is 6.07 Å². The second-order valence-corrected chi connectivity index (χ2v) is 6.04. The molecule has 0 unspecified atom stereocenters. The summed E-state index contributed by atoms with van der Waals surface area (Å²) in [5.41, 5.74) is 5.21. The molecular weight excluding hydrogens is 322 g/mol. The average molecular weight is 335 g/mol. The van der Waals surface area contributed by atoms with Crippen LogP contribution in [-0.4, -0.2) is 5.91 Å². The van der Waals surface area contributed by atoms with Gasteiger partial charge in [-0.15, -0.1) is 0 Å². The van der Waals surface area contributed by atoms with Gasteiger partial charge in [-0.05, 0) is 19.4 Å². The Labute approximate surface area is 142 Å². The van der Waals surface area contributed by atoms with Crippen molar-refractivity contribution in [3.8, 4) is 11.8 Å². The fourth-order valence-electron chi connectivity index (χ4n) is 3.59. The molecule has 0 bridgehead atoms. The maximum Gasteiger partial charge on any atom is 0.344 e. The minimum Gasteiger partial charge on any atom is -0.440 e. The van der Waals surface area contributed by atoms with Crippen molar-refractivity contribution in [3.63, 3.8) is 0 Å². The van der Waals surface area contributed by atoms with Crippen molar-refractivity contribution in [2.45, 2.75) is 19.3 Å². The van der Waals surface area contributed by atoms with Crippen LogP contribution in [0, 0.1) is 25.2 Å². The van der Waals surface area contributed by atoms with Gasteiger partial charge in [-0.1, -0.05) is 18.2 Å². The number of nitriles is 1. The zero-order valence-corrected chi connectivity index (χ0v) is 13.5. The van der Waals surface area contributed by atoms with Crippen molar-refractivity contribution in [2.24, 2.45) is 5.73 Å². The first-order chi connectivity index (χ1) is 11.9. The number of anilines is 1.